The van der Waals surface area contributed by atoms with Gasteiger partial charge in [-0.2, -0.15) is 0 Å². The van der Waals surface area contributed by atoms with Gasteiger partial charge in [0.1, 0.15) is 0 Å². The molecule has 0 aromatic rings. The Balaban J connectivity index is 3.16. The Bertz CT molecular complexity index is 166. The van der Waals surface area contributed by atoms with Crippen molar-refractivity contribution in [1.29, 1.82) is 0 Å². The molecule has 0 aliphatic carbocycles. The van der Waals surface area contributed by atoms with Crippen molar-refractivity contribution in [3.8, 4) is 0 Å². The molecule has 0 saturated carbocycles. The van der Waals surface area contributed by atoms with E-state index in [9.17, 15) is 4.79 Å². The SMILES string of the molecule is C=C(C)C(=O)CCCC[SiH2]OCC. The van der Waals surface area contributed by atoms with Gasteiger partial charge >= 0.3 is 0 Å². The van der Waals surface area contributed by atoms with Gasteiger partial charge in [-0.05, 0) is 31.9 Å². The van der Waals surface area contributed by atoms with Crippen LogP contribution in [-0.2, 0) is 9.22 Å². The second-order valence-corrected chi connectivity index (χ2v) is 4.73. The summed E-state index contributed by atoms with van der Waals surface area (Å²) in [5.74, 6) is 0.207. The molecule has 0 amide bonds. The van der Waals surface area contributed by atoms with E-state index >= 15 is 0 Å². The lowest BCUT2D eigenvalue weighted by Crippen LogP contribution is -2.00. The predicted molar refractivity (Wildman–Crippen MR) is 58.6 cm³/mol. The third-order valence-electron chi connectivity index (χ3n) is 1.87. The second-order valence-electron chi connectivity index (χ2n) is 3.21. The van der Waals surface area contributed by atoms with E-state index in [1.807, 2.05) is 6.92 Å². The smallest absolute Gasteiger partial charge is 0.161 e. The van der Waals surface area contributed by atoms with E-state index in [1.165, 1.54) is 6.04 Å². The molecule has 76 valence electrons. The maximum Gasteiger partial charge on any atom is 0.161 e. The lowest BCUT2D eigenvalue weighted by Gasteiger charge is -2.00. The van der Waals surface area contributed by atoms with Crippen molar-refractivity contribution >= 4 is 15.5 Å². The number of unbranched alkanes of at least 4 members (excludes halogenated alkanes) is 1. The number of ketones is 1. The molecule has 0 saturated heterocycles. The van der Waals surface area contributed by atoms with Crippen molar-refractivity contribution in [1.82, 2.24) is 0 Å². The first-order chi connectivity index (χ1) is 6.18. The molecule has 0 bridgehead atoms. The Morgan fingerprint density at radius 1 is 1.46 bits per heavy atom. The van der Waals surface area contributed by atoms with Gasteiger partial charge in [0.2, 0.25) is 0 Å². The molecule has 0 rings (SSSR count). The predicted octanol–water partition coefficient (Wildman–Crippen LogP) is 1.84. The number of hydrogen-bond donors (Lipinski definition) is 0. The van der Waals surface area contributed by atoms with Gasteiger partial charge in [-0.25, -0.2) is 0 Å². The Morgan fingerprint density at radius 3 is 2.69 bits per heavy atom. The quantitative estimate of drug-likeness (QED) is 0.339. The molecular weight excluding hydrogens is 180 g/mol. The van der Waals surface area contributed by atoms with E-state index in [1.54, 1.807) is 6.92 Å². The molecule has 2 nitrogen and oxygen atoms in total. The van der Waals surface area contributed by atoms with Gasteiger partial charge in [-0.15, -0.1) is 0 Å². The molecule has 0 spiro atoms. The average Bonchev–Trinajstić information content (AvgIpc) is 2.10. The van der Waals surface area contributed by atoms with E-state index in [-0.39, 0.29) is 15.5 Å². The summed E-state index contributed by atoms with van der Waals surface area (Å²) in [5, 5.41) is 0. The van der Waals surface area contributed by atoms with Crippen LogP contribution in [0, 0.1) is 0 Å². The first-order valence-electron chi connectivity index (χ1n) is 4.95. The Labute approximate surface area is 83.3 Å². The maximum atomic E-state index is 11.1. The number of hydrogen-bond acceptors (Lipinski definition) is 2. The molecule has 0 atom stereocenters. The zero-order chi connectivity index (χ0) is 10.1. The molecule has 0 unspecified atom stereocenters. The molecule has 0 aliphatic rings. The van der Waals surface area contributed by atoms with Crippen molar-refractivity contribution in [3.05, 3.63) is 12.2 Å². The molecule has 0 aliphatic heterocycles. The standard InChI is InChI=1S/C10H20O2Si/c1-4-12-13-8-6-5-7-10(11)9(2)3/h2,4-8,13H2,1,3H3. The lowest BCUT2D eigenvalue weighted by molar-refractivity contribution is -0.115. The minimum Gasteiger partial charge on any atom is -0.424 e. The molecule has 13 heavy (non-hydrogen) atoms. The van der Waals surface area contributed by atoms with E-state index in [4.69, 9.17) is 4.43 Å². The van der Waals surface area contributed by atoms with Crippen molar-refractivity contribution in [3.63, 3.8) is 0 Å². The highest BCUT2D eigenvalue weighted by Crippen LogP contribution is 2.04. The molecule has 0 N–H and O–H groups in total. The van der Waals surface area contributed by atoms with Crippen LogP contribution in [0.3, 0.4) is 0 Å². The minimum absolute atomic E-state index is 0.207. The van der Waals surface area contributed by atoms with Crippen LogP contribution in [0.15, 0.2) is 12.2 Å². The third-order valence-corrected chi connectivity index (χ3v) is 3.36. The van der Waals surface area contributed by atoms with Crippen LogP contribution in [0.1, 0.15) is 33.1 Å². The molecule has 0 aromatic carbocycles. The second kappa shape index (κ2) is 8.20. The Morgan fingerprint density at radius 2 is 2.15 bits per heavy atom. The van der Waals surface area contributed by atoms with Gasteiger partial charge in [-0.1, -0.05) is 13.0 Å². The summed E-state index contributed by atoms with van der Waals surface area (Å²) in [6, 6.07) is 1.19. The van der Waals surface area contributed by atoms with E-state index in [0.29, 0.717) is 12.0 Å². The molecule has 0 fully saturated rings. The fourth-order valence-electron chi connectivity index (χ4n) is 1.02. The number of carbonyl (C=O) groups is 1. The van der Waals surface area contributed by atoms with Gasteiger partial charge in [0.15, 0.2) is 15.5 Å². The highest BCUT2D eigenvalue weighted by molar-refractivity contribution is 6.26. The van der Waals surface area contributed by atoms with Gasteiger partial charge in [-0.3, -0.25) is 4.79 Å². The van der Waals surface area contributed by atoms with Crippen molar-refractivity contribution < 1.29 is 9.22 Å². The number of allylic oxidation sites excluding steroid dienone is 1. The summed E-state index contributed by atoms with van der Waals surface area (Å²) in [7, 11) is -0.287. The summed E-state index contributed by atoms with van der Waals surface area (Å²) in [5.41, 5.74) is 0.682. The molecular formula is C10H20O2Si. The van der Waals surface area contributed by atoms with Crippen LogP contribution in [0.5, 0.6) is 0 Å². The fourth-order valence-corrected chi connectivity index (χ4v) is 2.07. The van der Waals surface area contributed by atoms with Gasteiger partial charge < -0.3 is 4.43 Å². The van der Waals surface area contributed by atoms with Crippen molar-refractivity contribution in [2.45, 2.75) is 39.2 Å². The lowest BCUT2D eigenvalue weighted by atomic mass is 10.1. The first kappa shape index (κ1) is 12.6. The van der Waals surface area contributed by atoms with Crippen molar-refractivity contribution in [2.24, 2.45) is 0 Å². The summed E-state index contributed by atoms with van der Waals surface area (Å²) >= 11 is 0. The van der Waals surface area contributed by atoms with E-state index in [2.05, 4.69) is 6.58 Å². The Hall–Kier alpha value is -0.413. The average molecular weight is 200 g/mol. The number of rotatable bonds is 8. The topological polar surface area (TPSA) is 26.3 Å². The minimum atomic E-state index is -0.287. The van der Waals surface area contributed by atoms with E-state index < -0.39 is 0 Å². The van der Waals surface area contributed by atoms with Crippen LogP contribution in [-0.4, -0.2) is 22.2 Å². The van der Waals surface area contributed by atoms with Crippen molar-refractivity contribution in [2.75, 3.05) is 6.61 Å². The van der Waals surface area contributed by atoms with Crippen LogP contribution >= 0.6 is 0 Å². The zero-order valence-corrected chi connectivity index (χ0v) is 10.2. The maximum absolute atomic E-state index is 11.1. The fraction of sp³-hybridized carbons (Fsp3) is 0.700. The summed E-state index contributed by atoms with van der Waals surface area (Å²) in [4.78, 5) is 11.1. The summed E-state index contributed by atoms with van der Waals surface area (Å²) in [6.45, 7) is 8.26. The van der Waals surface area contributed by atoms with Crippen LogP contribution in [0.2, 0.25) is 6.04 Å². The summed E-state index contributed by atoms with van der Waals surface area (Å²) in [6.07, 6.45) is 2.78. The molecule has 3 heteroatoms. The normalized spacial score (nSPS) is 10.9. The zero-order valence-electron chi connectivity index (χ0n) is 8.77. The van der Waals surface area contributed by atoms with Gasteiger partial charge in [0, 0.05) is 13.0 Å². The highest BCUT2D eigenvalue weighted by atomic mass is 28.2. The van der Waals surface area contributed by atoms with Crippen LogP contribution in [0.25, 0.3) is 0 Å². The van der Waals surface area contributed by atoms with Gasteiger partial charge in [0.25, 0.3) is 0 Å². The van der Waals surface area contributed by atoms with Crippen LogP contribution in [0.4, 0.5) is 0 Å². The molecule has 0 heterocycles. The monoisotopic (exact) mass is 200 g/mol. The van der Waals surface area contributed by atoms with Crippen LogP contribution < -0.4 is 0 Å². The summed E-state index contributed by atoms with van der Waals surface area (Å²) < 4.78 is 5.32. The van der Waals surface area contributed by atoms with Gasteiger partial charge in [0.05, 0.1) is 0 Å². The highest BCUT2D eigenvalue weighted by Gasteiger charge is 2.01. The van der Waals surface area contributed by atoms with E-state index in [0.717, 1.165) is 19.4 Å². The first-order valence-corrected chi connectivity index (χ1v) is 6.52. The number of Topliss-reactive ketones (excluding diaryl/α,β-unsaturated/α-hetero) is 1. The molecule has 0 radical (unpaired) electrons. The largest absolute Gasteiger partial charge is 0.424 e. The molecule has 0 aromatic heterocycles. The Kier molecular flexibility index (Phi) is 7.94. The number of carbonyl (C=O) groups excluding carboxylic acids is 1. The third kappa shape index (κ3) is 7.93.